The van der Waals surface area contributed by atoms with E-state index in [0.29, 0.717) is 11.9 Å². The van der Waals surface area contributed by atoms with Crippen molar-refractivity contribution in [2.24, 2.45) is 0 Å². The number of anilines is 15. The molecule has 5 aliphatic rings. The van der Waals surface area contributed by atoms with Crippen molar-refractivity contribution in [3.8, 4) is 79.7 Å². The van der Waals surface area contributed by atoms with Crippen LogP contribution in [0, 0.1) is 0 Å². The van der Waals surface area contributed by atoms with E-state index in [1.807, 2.05) is 121 Å². The van der Waals surface area contributed by atoms with Crippen LogP contribution in [0.25, 0.3) is 121 Å². The normalized spacial score (nSPS) is 13.1. The maximum Gasteiger partial charge on any atom is 0.236 e. The van der Waals surface area contributed by atoms with Gasteiger partial charge in [0.05, 0.1) is 79.1 Å². The SMILES string of the molecule is C[Si]1(C)c2ccccc2N(c2ccc(-c3nc(-c4cccc5ccccc45)c4ccc5ccccc5c4n3)cc2)c2ccccc21.c1ccc2c(c1)Oc1ccccc1N2c1ccc(-c2nc(N3c4ccccc4Oc4ccccc43)nc3c2ccc2ccccc23)cc1.c1ccc2c(c1)Oc1ccccc1N2c1nc(-c2ccc(N3c4ccccc4Sc4ccccc43)cc2)c2ccc3ccccc3c2n1. The first-order valence-electron chi connectivity index (χ1n) is 47.7. The van der Waals surface area contributed by atoms with Crippen LogP contribution < -0.4 is 49.1 Å². The second-order valence-electron chi connectivity index (χ2n) is 36.3. The van der Waals surface area contributed by atoms with Crippen LogP contribution in [0.4, 0.5) is 85.8 Å². The lowest BCUT2D eigenvalue weighted by Crippen LogP contribution is -2.58. The van der Waals surface area contributed by atoms with Crippen LogP contribution in [-0.4, -0.2) is 38.0 Å². The summed E-state index contributed by atoms with van der Waals surface area (Å²) in [6.07, 6.45) is 0. The molecule has 8 heterocycles. The van der Waals surface area contributed by atoms with E-state index < -0.39 is 8.07 Å². The van der Waals surface area contributed by atoms with Gasteiger partial charge in [-0.1, -0.05) is 316 Å². The van der Waals surface area contributed by atoms with Crippen molar-refractivity contribution in [3.05, 3.63) is 467 Å². The first-order chi connectivity index (χ1) is 70.2. The Morgan fingerprint density at radius 3 is 0.894 bits per heavy atom. The van der Waals surface area contributed by atoms with Crippen LogP contribution >= 0.6 is 11.8 Å². The molecule has 0 saturated heterocycles. The highest BCUT2D eigenvalue weighted by molar-refractivity contribution is 7.99. The number of ether oxygens (including phenoxy) is 3. The molecule has 0 bridgehead atoms. The molecule has 670 valence electrons. The molecule has 29 rings (SSSR count). The molecule has 142 heavy (non-hydrogen) atoms. The topological polar surface area (TPSA) is 121 Å². The summed E-state index contributed by atoms with van der Waals surface area (Å²) < 4.78 is 18.9. The smallest absolute Gasteiger partial charge is 0.236 e. The molecule has 16 heteroatoms. The van der Waals surface area contributed by atoms with Crippen LogP contribution in [0.2, 0.25) is 13.1 Å². The van der Waals surface area contributed by atoms with Gasteiger partial charge in [-0.05, 0) is 213 Å². The van der Waals surface area contributed by atoms with E-state index in [1.54, 1.807) is 0 Å². The first-order valence-corrected chi connectivity index (χ1v) is 51.5. The summed E-state index contributed by atoms with van der Waals surface area (Å²) in [6.45, 7) is 4.92. The Morgan fingerprint density at radius 2 is 0.493 bits per heavy atom. The van der Waals surface area contributed by atoms with Crippen LogP contribution in [0.1, 0.15) is 0 Å². The predicted octanol–water partition coefficient (Wildman–Crippen LogP) is 33.4. The van der Waals surface area contributed by atoms with Gasteiger partial charge in [-0.15, -0.1) is 0 Å². The molecule has 0 saturated carbocycles. The number of rotatable bonds is 9. The predicted molar refractivity (Wildman–Crippen MR) is 585 cm³/mol. The van der Waals surface area contributed by atoms with Crippen LogP contribution in [0.15, 0.2) is 477 Å². The van der Waals surface area contributed by atoms with Crippen molar-refractivity contribution < 1.29 is 14.2 Å². The lowest BCUT2D eigenvalue weighted by Gasteiger charge is -2.41. The number of hydrogen-bond donors (Lipinski definition) is 0. The Labute approximate surface area is 824 Å². The Hall–Kier alpha value is -18.4. The molecule has 24 aromatic rings. The highest BCUT2D eigenvalue weighted by Crippen LogP contribution is 2.57. The molecule has 0 aliphatic carbocycles. The lowest BCUT2D eigenvalue weighted by molar-refractivity contribution is 0.476. The quantitative estimate of drug-likeness (QED) is 0.101. The van der Waals surface area contributed by atoms with Gasteiger partial charge in [0.2, 0.25) is 11.9 Å². The van der Waals surface area contributed by atoms with Crippen molar-refractivity contribution in [1.29, 1.82) is 0 Å². The number of nitrogens with zero attached hydrogens (tertiary/aromatic N) is 11. The van der Waals surface area contributed by atoms with Crippen LogP contribution in [0.5, 0.6) is 34.5 Å². The van der Waals surface area contributed by atoms with Crippen molar-refractivity contribution in [2.45, 2.75) is 22.9 Å². The summed E-state index contributed by atoms with van der Waals surface area (Å²) >= 11 is 1.82. The zero-order valence-corrected chi connectivity index (χ0v) is 78.8. The van der Waals surface area contributed by atoms with Gasteiger partial charge in [0.25, 0.3) is 0 Å². The van der Waals surface area contributed by atoms with E-state index in [2.05, 4.69) is 396 Å². The third-order valence-electron chi connectivity index (χ3n) is 27.7. The average Bonchev–Trinajstić information content (AvgIpc) is 0.736. The van der Waals surface area contributed by atoms with E-state index in [1.165, 1.54) is 59.1 Å². The Balaban J connectivity index is 0.000000107. The number of hydrogen-bond acceptors (Lipinski definition) is 15. The summed E-state index contributed by atoms with van der Waals surface area (Å²) in [4.78, 5) is 45.6. The number of aromatic nitrogens is 6. The maximum absolute atomic E-state index is 6.32. The molecule has 0 amide bonds. The molecule has 0 unspecified atom stereocenters. The summed E-state index contributed by atoms with van der Waals surface area (Å²) in [7, 11) is -1.84. The fourth-order valence-corrected chi connectivity index (χ4v) is 25.1. The monoisotopic (exact) mass is 1860 g/mol. The van der Waals surface area contributed by atoms with Gasteiger partial charge in [-0.3, -0.25) is 9.80 Å². The van der Waals surface area contributed by atoms with Gasteiger partial charge in [0, 0.05) is 92.8 Å². The summed E-state index contributed by atoms with van der Waals surface area (Å²) in [5.41, 5.74) is 23.3. The van der Waals surface area contributed by atoms with Gasteiger partial charge < -0.3 is 28.9 Å². The highest BCUT2D eigenvalue weighted by Gasteiger charge is 2.40. The first kappa shape index (κ1) is 83.1. The number of benzene rings is 21. The minimum Gasteiger partial charge on any atom is -0.453 e. The van der Waals surface area contributed by atoms with Crippen molar-refractivity contribution in [1.82, 2.24) is 29.9 Å². The molecule has 21 aromatic carbocycles. The summed E-state index contributed by atoms with van der Waals surface area (Å²) in [6, 6.07) is 163. The highest BCUT2D eigenvalue weighted by atomic mass is 32.2. The molecular formula is C126H83N11O3SSi. The van der Waals surface area contributed by atoms with Gasteiger partial charge in [-0.25, -0.2) is 29.9 Å². The van der Waals surface area contributed by atoms with Gasteiger partial charge in [-0.2, -0.15) is 0 Å². The molecule has 14 nitrogen and oxygen atoms in total. The van der Waals surface area contributed by atoms with Crippen molar-refractivity contribution >= 4 is 192 Å². The molecule has 0 spiro atoms. The van der Waals surface area contributed by atoms with Gasteiger partial charge in [0.1, 0.15) is 8.07 Å². The zero-order valence-electron chi connectivity index (χ0n) is 77.0. The zero-order chi connectivity index (χ0) is 94.0. The van der Waals surface area contributed by atoms with E-state index in [9.17, 15) is 0 Å². The third kappa shape index (κ3) is 14.1. The molecule has 0 fully saturated rings. The largest absolute Gasteiger partial charge is 0.453 e. The van der Waals surface area contributed by atoms with Gasteiger partial charge in [0.15, 0.2) is 40.3 Å². The standard InChI is InChI=1S/C42H26N4O2.C42H26N4OS.C42H31N3Si/c1-2-12-30-27(11-1)23-26-31-40(43-42(44-41(30)31)46-34-15-5-9-19-38(34)48-39-20-10-6-16-35(39)46)28-21-24-29(25-22-28)45-32-13-3-7-17-36(32)47-37-18-8-4-14-33(37)45;1-2-12-30-27(11-1)23-26-31-40(43-42(44-41(30)31)46-32-13-3-7-17-36(32)47-37-18-8-4-14-33(37)46)28-21-24-29(25-22-28)45-34-15-5-9-19-38(34)48-39-20-10-6-16-35(39)45;1-46(2)38-20-9-7-18-36(38)45(37-19-8-10-21-39(37)46)31-25-22-30(23-26-31)42-43-40-33-16-6-4-13-29(33)24-27-35(40)41(44-42)34-17-11-14-28-12-3-5-15-32(28)34/h2*1-26H;3-27H,1-2H3. The van der Waals surface area contributed by atoms with E-state index in [0.717, 1.165) is 190 Å². The molecule has 3 aromatic heterocycles. The second-order valence-corrected chi connectivity index (χ2v) is 41.8. The molecule has 0 atom stereocenters. The summed E-state index contributed by atoms with van der Waals surface area (Å²) in [5, 5.41) is 15.1. The third-order valence-corrected chi connectivity index (χ3v) is 32.4. The molecule has 5 aliphatic heterocycles. The Morgan fingerprint density at radius 1 is 0.204 bits per heavy atom. The lowest BCUT2D eigenvalue weighted by atomic mass is 9.97. The fraction of sp³-hybridized carbons (Fsp3) is 0.0159. The number of para-hydroxylation sites is 16. The van der Waals surface area contributed by atoms with E-state index in [4.69, 9.17) is 44.1 Å². The van der Waals surface area contributed by atoms with Crippen LogP contribution in [-0.2, 0) is 0 Å². The molecule has 0 N–H and O–H groups in total. The minimum absolute atomic E-state index is 0.581. The number of fused-ring (bicyclic) bond motifs is 20. The van der Waals surface area contributed by atoms with Crippen molar-refractivity contribution in [3.63, 3.8) is 0 Å². The fourth-order valence-electron chi connectivity index (χ4n) is 21.0. The van der Waals surface area contributed by atoms with E-state index in [-0.39, 0.29) is 0 Å². The Bertz CT molecular complexity index is 8650. The average molecular weight is 1860 g/mol. The second kappa shape index (κ2) is 34.1. The van der Waals surface area contributed by atoms with Crippen molar-refractivity contribution in [2.75, 3.05) is 24.5 Å². The molecule has 0 radical (unpaired) electrons. The minimum atomic E-state index is -1.84. The van der Waals surface area contributed by atoms with Crippen LogP contribution in [0.3, 0.4) is 0 Å². The Kier molecular flexibility index (Phi) is 20.0. The van der Waals surface area contributed by atoms with E-state index >= 15 is 0 Å². The van der Waals surface area contributed by atoms with Gasteiger partial charge >= 0.3 is 0 Å². The summed E-state index contributed by atoms with van der Waals surface area (Å²) in [5.74, 6) is 6.60. The maximum atomic E-state index is 6.32. The molecular weight excluding hydrogens is 1780 g/mol.